The molecular formula is C13H15N2O3S+. The minimum absolute atomic E-state index is 0.109. The van der Waals surface area contributed by atoms with Crippen molar-refractivity contribution in [2.75, 3.05) is 19.0 Å². The summed E-state index contributed by atoms with van der Waals surface area (Å²) in [4.78, 5) is 1.88. The molecule has 0 unspecified atom stereocenters. The number of hydrogen-bond acceptors (Lipinski definition) is 3. The highest BCUT2D eigenvalue weighted by atomic mass is 32.2. The lowest BCUT2D eigenvalue weighted by atomic mass is 10.3. The van der Waals surface area contributed by atoms with Crippen LogP contribution in [0.3, 0.4) is 0 Å². The summed E-state index contributed by atoms with van der Waals surface area (Å²) >= 11 is 0. The second kappa shape index (κ2) is 4.99. The van der Waals surface area contributed by atoms with Gasteiger partial charge in [-0.25, -0.2) is 0 Å². The van der Waals surface area contributed by atoms with Crippen LogP contribution >= 0.6 is 0 Å². The number of benzene rings is 1. The summed E-state index contributed by atoms with van der Waals surface area (Å²) in [6.07, 6.45) is 3.77. The van der Waals surface area contributed by atoms with Crippen molar-refractivity contribution in [2.45, 2.75) is 4.90 Å². The van der Waals surface area contributed by atoms with Crippen LogP contribution in [0.1, 0.15) is 0 Å². The summed E-state index contributed by atoms with van der Waals surface area (Å²) in [6, 6.07) is 9.93. The predicted molar refractivity (Wildman–Crippen MR) is 72.1 cm³/mol. The van der Waals surface area contributed by atoms with Gasteiger partial charge in [-0.05, 0) is 12.1 Å². The first-order valence-electron chi connectivity index (χ1n) is 5.64. The number of pyridine rings is 1. The molecule has 0 atom stereocenters. The Hall–Kier alpha value is -1.92. The second-order valence-electron chi connectivity index (χ2n) is 4.33. The Kier molecular flexibility index (Phi) is 3.55. The molecule has 1 N–H and O–H groups in total. The zero-order chi connectivity index (χ0) is 14.0. The van der Waals surface area contributed by atoms with Gasteiger partial charge in [0.15, 0.2) is 12.4 Å². The first-order chi connectivity index (χ1) is 8.88. The van der Waals surface area contributed by atoms with Crippen LogP contribution in [0.25, 0.3) is 5.69 Å². The molecule has 0 amide bonds. The molecule has 6 heteroatoms. The Balaban J connectivity index is 2.32. The van der Waals surface area contributed by atoms with Gasteiger partial charge in [0.25, 0.3) is 10.1 Å². The Bertz CT molecular complexity index is 662. The third kappa shape index (κ3) is 3.10. The maximum atomic E-state index is 10.9. The van der Waals surface area contributed by atoms with Crippen molar-refractivity contribution in [2.24, 2.45) is 0 Å². The fourth-order valence-electron chi connectivity index (χ4n) is 1.68. The molecule has 5 nitrogen and oxygen atoms in total. The smallest absolute Gasteiger partial charge is 0.294 e. The molecule has 0 fully saturated rings. The van der Waals surface area contributed by atoms with Gasteiger partial charge < -0.3 is 4.90 Å². The van der Waals surface area contributed by atoms with E-state index in [9.17, 15) is 8.42 Å². The van der Waals surface area contributed by atoms with Gasteiger partial charge in [-0.3, -0.25) is 4.55 Å². The molecule has 0 aliphatic rings. The SMILES string of the molecule is CN(C)c1cc[n+](-c2ccc(S(=O)(=O)O)cc2)cc1. The van der Waals surface area contributed by atoms with Gasteiger partial charge >= 0.3 is 0 Å². The molecular weight excluding hydrogens is 264 g/mol. The minimum atomic E-state index is -4.14. The summed E-state index contributed by atoms with van der Waals surface area (Å²) in [7, 11) is -0.218. The van der Waals surface area contributed by atoms with Crippen LogP contribution in [-0.2, 0) is 10.1 Å². The minimum Gasteiger partial charge on any atom is -0.377 e. The van der Waals surface area contributed by atoms with Crippen LogP contribution in [0.2, 0.25) is 0 Å². The topological polar surface area (TPSA) is 61.5 Å². The molecule has 1 aromatic heterocycles. The van der Waals surface area contributed by atoms with Crippen LogP contribution in [0, 0.1) is 0 Å². The van der Waals surface area contributed by atoms with Crippen molar-refractivity contribution in [3.8, 4) is 5.69 Å². The van der Waals surface area contributed by atoms with Crippen LogP contribution < -0.4 is 9.47 Å². The number of aromatic nitrogens is 1. The zero-order valence-corrected chi connectivity index (χ0v) is 11.5. The fraction of sp³-hybridized carbons (Fsp3) is 0.154. The second-order valence-corrected chi connectivity index (χ2v) is 5.75. The standard InChI is InChI=1S/C13H14N2O3S/c1-14(2)11-7-9-15(10-8-11)12-3-5-13(6-4-12)19(16,17)18/h3-10H,1-2H3/p+1. The van der Waals surface area contributed by atoms with Crippen LogP contribution in [0.4, 0.5) is 5.69 Å². The van der Waals surface area contributed by atoms with Gasteiger partial charge in [0.2, 0.25) is 5.69 Å². The van der Waals surface area contributed by atoms with E-state index in [1.54, 1.807) is 12.1 Å². The van der Waals surface area contributed by atoms with E-state index in [0.29, 0.717) is 0 Å². The molecule has 0 aliphatic carbocycles. The molecule has 0 bridgehead atoms. The predicted octanol–water partition coefficient (Wildman–Crippen LogP) is 1.28. The van der Waals surface area contributed by atoms with Crippen LogP contribution in [0.15, 0.2) is 53.7 Å². The molecule has 0 saturated heterocycles. The third-order valence-electron chi connectivity index (χ3n) is 2.76. The average Bonchev–Trinajstić information content (AvgIpc) is 2.38. The molecule has 0 saturated carbocycles. The highest BCUT2D eigenvalue weighted by molar-refractivity contribution is 7.85. The summed E-state index contributed by atoms with van der Waals surface area (Å²) < 4.78 is 32.7. The molecule has 0 radical (unpaired) electrons. The van der Waals surface area contributed by atoms with Gasteiger partial charge in [-0.15, -0.1) is 0 Å². The maximum Gasteiger partial charge on any atom is 0.294 e. The first-order valence-corrected chi connectivity index (χ1v) is 7.08. The van der Waals surface area contributed by atoms with E-state index in [1.165, 1.54) is 12.1 Å². The van der Waals surface area contributed by atoms with E-state index in [4.69, 9.17) is 4.55 Å². The molecule has 1 aromatic carbocycles. The summed E-state index contributed by atoms with van der Waals surface area (Å²) in [5.41, 5.74) is 1.89. The highest BCUT2D eigenvalue weighted by Crippen LogP contribution is 2.11. The molecule has 0 aliphatic heterocycles. The Morgan fingerprint density at radius 3 is 1.95 bits per heavy atom. The molecule has 0 spiro atoms. The Labute approximate surface area is 112 Å². The molecule has 2 rings (SSSR count). The van der Waals surface area contributed by atoms with E-state index in [-0.39, 0.29) is 4.90 Å². The Morgan fingerprint density at radius 2 is 1.53 bits per heavy atom. The summed E-state index contributed by atoms with van der Waals surface area (Å²) in [5, 5.41) is 0. The normalized spacial score (nSPS) is 11.3. The summed E-state index contributed by atoms with van der Waals surface area (Å²) in [6.45, 7) is 0. The van der Waals surface area contributed by atoms with Gasteiger partial charge in [0, 0.05) is 44.0 Å². The van der Waals surface area contributed by atoms with Crippen molar-refractivity contribution < 1.29 is 17.5 Å². The van der Waals surface area contributed by atoms with Gasteiger partial charge in [-0.2, -0.15) is 13.0 Å². The zero-order valence-electron chi connectivity index (χ0n) is 10.7. The fourth-order valence-corrected chi connectivity index (χ4v) is 2.16. The molecule has 2 aromatic rings. The molecule has 1 heterocycles. The number of anilines is 1. The highest BCUT2D eigenvalue weighted by Gasteiger charge is 2.11. The van der Waals surface area contributed by atoms with E-state index < -0.39 is 10.1 Å². The van der Waals surface area contributed by atoms with Crippen molar-refractivity contribution in [3.63, 3.8) is 0 Å². The van der Waals surface area contributed by atoms with E-state index >= 15 is 0 Å². The van der Waals surface area contributed by atoms with E-state index in [2.05, 4.69) is 0 Å². The monoisotopic (exact) mass is 279 g/mol. The Morgan fingerprint density at radius 1 is 1.00 bits per heavy atom. The number of rotatable bonds is 3. The van der Waals surface area contributed by atoms with E-state index in [1.807, 2.05) is 48.1 Å². The largest absolute Gasteiger partial charge is 0.377 e. The maximum absolute atomic E-state index is 10.9. The summed E-state index contributed by atoms with van der Waals surface area (Å²) in [5.74, 6) is 0. The van der Waals surface area contributed by atoms with Crippen LogP contribution in [-0.4, -0.2) is 27.1 Å². The van der Waals surface area contributed by atoms with Gasteiger partial charge in [0.05, 0.1) is 4.90 Å². The lowest BCUT2D eigenvalue weighted by Gasteiger charge is -2.10. The van der Waals surface area contributed by atoms with Crippen molar-refractivity contribution in [3.05, 3.63) is 48.8 Å². The van der Waals surface area contributed by atoms with E-state index in [0.717, 1.165) is 11.4 Å². The van der Waals surface area contributed by atoms with Crippen molar-refractivity contribution in [1.29, 1.82) is 0 Å². The first kappa shape index (κ1) is 13.5. The lowest BCUT2D eigenvalue weighted by molar-refractivity contribution is -0.595. The van der Waals surface area contributed by atoms with Crippen LogP contribution in [0.5, 0.6) is 0 Å². The van der Waals surface area contributed by atoms with Crippen molar-refractivity contribution in [1.82, 2.24) is 0 Å². The number of nitrogens with zero attached hydrogens (tertiary/aromatic N) is 2. The lowest BCUT2D eigenvalue weighted by Crippen LogP contribution is -2.29. The van der Waals surface area contributed by atoms with Crippen molar-refractivity contribution >= 4 is 15.8 Å². The molecule has 19 heavy (non-hydrogen) atoms. The third-order valence-corrected chi connectivity index (χ3v) is 3.63. The molecule has 100 valence electrons. The van der Waals surface area contributed by atoms with Gasteiger partial charge in [-0.1, -0.05) is 0 Å². The van der Waals surface area contributed by atoms with Gasteiger partial charge in [0.1, 0.15) is 0 Å². The average molecular weight is 279 g/mol. The quantitative estimate of drug-likeness (QED) is 0.679. The number of hydrogen-bond donors (Lipinski definition) is 1.